The average Bonchev–Trinajstić information content (AvgIpc) is 2.82. The fourth-order valence-corrected chi connectivity index (χ4v) is 3.06. The lowest BCUT2D eigenvalue weighted by Gasteiger charge is -2.10. The van der Waals surface area contributed by atoms with E-state index in [0.29, 0.717) is 30.2 Å². The van der Waals surface area contributed by atoms with Crippen LogP contribution in [0.25, 0.3) is 11.2 Å². The van der Waals surface area contributed by atoms with Crippen molar-refractivity contribution in [1.29, 1.82) is 0 Å². The summed E-state index contributed by atoms with van der Waals surface area (Å²) in [6.07, 6.45) is 0.936. The van der Waals surface area contributed by atoms with Crippen LogP contribution < -0.4 is 11.2 Å². The second-order valence-corrected chi connectivity index (χ2v) is 6.62. The Labute approximate surface area is 132 Å². The molecule has 0 aromatic carbocycles. The molecule has 2 heterocycles. The van der Waals surface area contributed by atoms with E-state index in [-0.39, 0.29) is 5.56 Å². The molecule has 0 atom stereocenters. The summed E-state index contributed by atoms with van der Waals surface area (Å²) in [6.45, 7) is 5.58. The van der Waals surface area contributed by atoms with E-state index < -0.39 is 5.69 Å². The van der Waals surface area contributed by atoms with Gasteiger partial charge in [-0.05, 0) is 12.3 Å². The third kappa shape index (κ3) is 3.44. The van der Waals surface area contributed by atoms with E-state index in [1.54, 1.807) is 14.2 Å². The first-order valence-electron chi connectivity index (χ1n) is 7.27. The predicted octanol–water partition coefficient (Wildman–Crippen LogP) is 1.21. The summed E-state index contributed by atoms with van der Waals surface area (Å²) < 4.78 is 8.35. The van der Waals surface area contributed by atoms with Crippen molar-refractivity contribution in [2.24, 2.45) is 13.0 Å². The van der Waals surface area contributed by atoms with Gasteiger partial charge in [0.1, 0.15) is 0 Å². The van der Waals surface area contributed by atoms with Crippen molar-refractivity contribution in [3.8, 4) is 0 Å². The maximum Gasteiger partial charge on any atom is 0.329 e. The Morgan fingerprint density at radius 1 is 1.36 bits per heavy atom. The maximum absolute atomic E-state index is 12.2. The summed E-state index contributed by atoms with van der Waals surface area (Å²) in [4.78, 5) is 30.8. The van der Waals surface area contributed by atoms with Crippen molar-refractivity contribution in [1.82, 2.24) is 19.1 Å². The highest BCUT2D eigenvalue weighted by Gasteiger charge is 2.17. The number of H-pyrrole nitrogens is 1. The molecule has 0 spiro atoms. The van der Waals surface area contributed by atoms with Gasteiger partial charge in [-0.3, -0.25) is 14.3 Å². The minimum Gasteiger partial charge on any atom is -0.384 e. The highest BCUT2D eigenvalue weighted by molar-refractivity contribution is 7.99. The zero-order chi connectivity index (χ0) is 16.3. The molecule has 0 amide bonds. The van der Waals surface area contributed by atoms with Gasteiger partial charge in [-0.25, -0.2) is 9.78 Å². The number of methoxy groups -OCH3 is 1. The molecule has 0 fully saturated rings. The molecule has 1 N–H and O–H groups in total. The first kappa shape index (κ1) is 16.8. The molecule has 0 radical (unpaired) electrons. The molecule has 2 aromatic rings. The molecular weight excluding hydrogens is 304 g/mol. The Balaban J connectivity index is 2.53. The Morgan fingerprint density at radius 3 is 2.73 bits per heavy atom. The molecular formula is C14H22N4O3S. The molecule has 0 bridgehead atoms. The predicted molar refractivity (Wildman–Crippen MR) is 87.6 cm³/mol. The van der Waals surface area contributed by atoms with Gasteiger partial charge in [-0.15, -0.1) is 0 Å². The van der Waals surface area contributed by atoms with E-state index in [1.165, 1.54) is 16.3 Å². The lowest BCUT2D eigenvalue weighted by molar-refractivity contribution is 0.218. The van der Waals surface area contributed by atoms with Crippen molar-refractivity contribution in [2.45, 2.75) is 32.0 Å². The van der Waals surface area contributed by atoms with E-state index in [4.69, 9.17) is 4.74 Å². The number of aryl methyl sites for hydroxylation is 2. The van der Waals surface area contributed by atoms with E-state index in [9.17, 15) is 9.59 Å². The van der Waals surface area contributed by atoms with Crippen LogP contribution in [0.4, 0.5) is 0 Å². The van der Waals surface area contributed by atoms with Gasteiger partial charge in [0, 0.05) is 26.5 Å². The van der Waals surface area contributed by atoms with Gasteiger partial charge in [0.25, 0.3) is 5.56 Å². The zero-order valence-corrected chi connectivity index (χ0v) is 14.2. The lowest BCUT2D eigenvalue weighted by Crippen LogP contribution is -2.29. The summed E-state index contributed by atoms with van der Waals surface area (Å²) >= 11 is 1.53. The van der Waals surface area contributed by atoms with Gasteiger partial charge in [0.2, 0.25) is 0 Å². The Hall–Kier alpha value is -1.54. The van der Waals surface area contributed by atoms with Gasteiger partial charge in [-0.2, -0.15) is 0 Å². The summed E-state index contributed by atoms with van der Waals surface area (Å²) in [5.41, 5.74) is 0.0625. The minimum atomic E-state index is -0.445. The van der Waals surface area contributed by atoms with Crippen molar-refractivity contribution in [3.63, 3.8) is 0 Å². The van der Waals surface area contributed by atoms with Crippen LogP contribution in [-0.2, 0) is 18.3 Å². The van der Waals surface area contributed by atoms with Crippen LogP contribution in [-0.4, -0.2) is 38.6 Å². The highest BCUT2D eigenvalue weighted by Crippen LogP contribution is 2.22. The topological polar surface area (TPSA) is 81.9 Å². The summed E-state index contributed by atoms with van der Waals surface area (Å²) in [5.74, 6) is 1.26. The summed E-state index contributed by atoms with van der Waals surface area (Å²) in [6, 6.07) is 0. The van der Waals surface area contributed by atoms with Crippen LogP contribution in [0.2, 0.25) is 0 Å². The van der Waals surface area contributed by atoms with Crippen molar-refractivity contribution in [3.05, 3.63) is 20.8 Å². The highest BCUT2D eigenvalue weighted by atomic mass is 32.2. The molecule has 0 saturated heterocycles. The van der Waals surface area contributed by atoms with Crippen LogP contribution >= 0.6 is 11.8 Å². The second kappa shape index (κ2) is 7.15. The van der Waals surface area contributed by atoms with Crippen LogP contribution in [0.3, 0.4) is 0 Å². The average molecular weight is 326 g/mol. The van der Waals surface area contributed by atoms with Gasteiger partial charge >= 0.3 is 5.69 Å². The van der Waals surface area contributed by atoms with Crippen LogP contribution in [0.5, 0.6) is 0 Å². The molecule has 22 heavy (non-hydrogen) atoms. The molecule has 0 aliphatic carbocycles. The fourth-order valence-electron chi connectivity index (χ4n) is 2.14. The SMILES string of the molecule is COCCSc1nc2c(c(=O)[nH]c(=O)n2C)n1CCC(C)C. The van der Waals surface area contributed by atoms with E-state index in [2.05, 4.69) is 23.8 Å². The first-order valence-corrected chi connectivity index (χ1v) is 8.25. The number of nitrogens with zero attached hydrogens (tertiary/aromatic N) is 3. The smallest absolute Gasteiger partial charge is 0.329 e. The van der Waals surface area contributed by atoms with Gasteiger partial charge in [-0.1, -0.05) is 25.6 Å². The number of thioether (sulfide) groups is 1. The van der Waals surface area contributed by atoms with Crippen molar-refractivity contribution < 1.29 is 4.74 Å². The number of hydrogen-bond donors (Lipinski definition) is 1. The van der Waals surface area contributed by atoms with Crippen LogP contribution in [0.1, 0.15) is 20.3 Å². The Kier molecular flexibility index (Phi) is 5.47. The molecule has 8 heteroatoms. The number of aromatic nitrogens is 4. The quantitative estimate of drug-likeness (QED) is 0.611. The summed E-state index contributed by atoms with van der Waals surface area (Å²) in [7, 11) is 3.26. The number of rotatable bonds is 7. The molecule has 0 aliphatic heterocycles. The standard InChI is InChI=1S/C14H22N4O3S/c1-9(2)5-6-18-10-11(15-14(18)22-8-7-21-4)17(3)13(20)16-12(10)19/h9H,5-8H2,1-4H3,(H,16,19,20). The van der Waals surface area contributed by atoms with Crippen molar-refractivity contribution >= 4 is 22.9 Å². The molecule has 7 nitrogen and oxygen atoms in total. The monoisotopic (exact) mass is 326 g/mol. The fraction of sp³-hybridized carbons (Fsp3) is 0.643. The molecule has 122 valence electrons. The van der Waals surface area contributed by atoms with Crippen LogP contribution in [0.15, 0.2) is 14.7 Å². The minimum absolute atomic E-state index is 0.382. The molecule has 0 aliphatic rings. The Morgan fingerprint density at radius 2 is 2.09 bits per heavy atom. The number of hydrogen-bond acceptors (Lipinski definition) is 5. The van der Waals surface area contributed by atoms with E-state index >= 15 is 0 Å². The van der Waals surface area contributed by atoms with Gasteiger partial charge < -0.3 is 9.30 Å². The number of aromatic amines is 1. The van der Waals surface area contributed by atoms with E-state index in [0.717, 1.165) is 17.3 Å². The number of ether oxygens (including phenoxy) is 1. The first-order chi connectivity index (χ1) is 10.5. The number of nitrogens with one attached hydrogen (secondary N) is 1. The van der Waals surface area contributed by atoms with Crippen molar-refractivity contribution in [2.75, 3.05) is 19.5 Å². The zero-order valence-electron chi connectivity index (χ0n) is 13.4. The largest absolute Gasteiger partial charge is 0.384 e. The van der Waals surface area contributed by atoms with Gasteiger partial charge in [0.05, 0.1) is 6.61 Å². The third-order valence-electron chi connectivity index (χ3n) is 3.42. The molecule has 2 aromatic heterocycles. The molecule has 2 rings (SSSR count). The lowest BCUT2D eigenvalue weighted by atomic mass is 10.1. The third-order valence-corrected chi connectivity index (χ3v) is 4.36. The van der Waals surface area contributed by atoms with Gasteiger partial charge in [0.15, 0.2) is 16.3 Å². The molecule has 0 unspecified atom stereocenters. The number of fused-ring (bicyclic) bond motifs is 1. The number of imidazole rings is 1. The summed E-state index contributed by atoms with van der Waals surface area (Å²) in [5, 5.41) is 0.749. The second-order valence-electron chi connectivity index (χ2n) is 5.56. The normalized spacial score (nSPS) is 11.7. The maximum atomic E-state index is 12.2. The van der Waals surface area contributed by atoms with E-state index in [1.807, 2.05) is 4.57 Å². The molecule has 0 saturated carbocycles. The Bertz CT molecular complexity index is 760. The van der Waals surface area contributed by atoms with Crippen LogP contribution in [0, 0.1) is 5.92 Å².